The topological polar surface area (TPSA) is 46.2 Å². The average Bonchev–Trinajstić information content (AvgIpc) is 2.76. The third-order valence-electron chi connectivity index (χ3n) is 2.41. The number of thiophene rings is 1. The van der Waals surface area contributed by atoms with E-state index in [4.69, 9.17) is 0 Å². The number of rotatable bonds is 5. The van der Waals surface area contributed by atoms with Crippen LogP contribution in [0.4, 0.5) is 0 Å². The van der Waals surface area contributed by atoms with Crippen LogP contribution in [-0.2, 0) is 11.2 Å². The van der Waals surface area contributed by atoms with Crippen molar-refractivity contribution in [1.29, 1.82) is 0 Å². The summed E-state index contributed by atoms with van der Waals surface area (Å²) in [5.74, 6) is -0.0976. The van der Waals surface area contributed by atoms with Crippen molar-refractivity contribution in [1.82, 2.24) is 5.32 Å². The largest absolute Gasteiger partial charge is 0.342 e. The number of carbonyl (C=O) groups is 2. The van der Waals surface area contributed by atoms with E-state index in [0.717, 1.165) is 6.42 Å². The molecule has 0 saturated carbocycles. The van der Waals surface area contributed by atoms with Gasteiger partial charge < -0.3 is 5.32 Å². The highest BCUT2D eigenvalue weighted by atomic mass is 32.1. The molecule has 0 aliphatic rings. The Morgan fingerprint density at radius 1 is 1.38 bits per heavy atom. The molecule has 0 aliphatic heterocycles. The van der Waals surface area contributed by atoms with Crippen molar-refractivity contribution < 1.29 is 9.59 Å². The summed E-state index contributed by atoms with van der Waals surface area (Å²) in [5.41, 5.74) is 0. The fourth-order valence-corrected chi connectivity index (χ4v) is 2.20. The van der Waals surface area contributed by atoms with Crippen LogP contribution in [-0.4, -0.2) is 17.7 Å². The lowest BCUT2D eigenvalue weighted by Crippen LogP contribution is -2.37. The summed E-state index contributed by atoms with van der Waals surface area (Å²) >= 11 is 1.48. The first kappa shape index (κ1) is 12.9. The highest BCUT2D eigenvalue weighted by Gasteiger charge is 2.15. The molecule has 0 aromatic carbocycles. The number of nitrogens with one attached hydrogen (secondary N) is 1. The number of carbonyl (C=O) groups excluding carboxylic acids is 2. The fourth-order valence-electron chi connectivity index (χ4n) is 1.34. The Hall–Kier alpha value is -1.16. The van der Waals surface area contributed by atoms with E-state index >= 15 is 0 Å². The van der Waals surface area contributed by atoms with Gasteiger partial charge in [-0.2, -0.15) is 0 Å². The maximum atomic E-state index is 11.8. The van der Waals surface area contributed by atoms with Gasteiger partial charge in [0.15, 0.2) is 5.78 Å². The molecule has 1 N–H and O–H groups in total. The summed E-state index contributed by atoms with van der Waals surface area (Å²) in [5, 5.41) is 2.71. The monoisotopic (exact) mass is 239 g/mol. The molecule has 0 aliphatic carbocycles. The van der Waals surface area contributed by atoms with Crippen molar-refractivity contribution in [2.45, 2.75) is 39.7 Å². The third-order valence-corrected chi connectivity index (χ3v) is 3.64. The summed E-state index contributed by atoms with van der Waals surface area (Å²) in [6.07, 6.45) is 1.38. The van der Waals surface area contributed by atoms with Crippen molar-refractivity contribution in [2.24, 2.45) is 0 Å². The third kappa shape index (κ3) is 3.17. The standard InChI is InChI=1S/C12H17NO2S/c1-4-9-6-7-11(16-9)12(15)13-8(3)10(14)5-2/h6-8H,4-5H2,1-3H3,(H,13,15). The Balaban J connectivity index is 2.61. The molecule has 4 heteroatoms. The van der Waals surface area contributed by atoms with Crippen molar-refractivity contribution in [3.05, 3.63) is 21.9 Å². The van der Waals surface area contributed by atoms with Crippen LogP contribution in [0, 0.1) is 0 Å². The molecule has 0 radical (unpaired) electrons. The number of Topliss-reactive ketones (excluding diaryl/α,β-unsaturated/α-hetero) is 1. The maximum absolute atomic E-state index is 11.8. The van der Waals surface area contributed by atoms with Gasteiger partial charge in [-0.1, -0.05) is 13.8 Å². The molecule has 1 unspecified atom stereocenters. The van der Waals surface area contributed by atoms with Gasteiger partial charge in [-0.05, 0) is 25.5 Å². The van der Waals surface area contributed by atoms with E-state index in [1.807, 2.05) is 12.1 Å². The zero-order valence-electron chi connectivity index (χ0n) is 9.87. The van der Waals surface area contributed by atoms with Gasteiger partial charge in [0.05, 0.1) is 10.9 Å². The Labute approximate surface area is 99.9 Å². The lowest BCUT2D eigenvalue weighted by Gasteiger charge is -2.10. The summed E-state index contributed by atoms with van der Waals surface area (Å²) in [6, 6.07) is 3.36. The van der Waals surface area contributed by atoms with Crippen molar-refractivity contribution in [3.8, 4) is 0 Å². The molecule has 0 bridgehead atoms. The summed E-state index contributed by atoms with van der Waals surface area (Å²) in [7, 11) is 0. The van der Waals surface area contributed by atoms with Crippen LogP contribution in [0.2, 0.25) is 0 Å². The van der Waals surface area contributed by atoms with Gasteiger partial charge in [-0.25, -0.2) is 0 Å². The van der Waals surface area contributed by atoms with E-state index in [-0.39, 0.29) is 11.7 Å². The van der Waals surface area contributed by atoms with E-state index in [1.165, 1.54) is 16.2 Å². The Kier molecular flexibility index (Phi) is 4.68. The van der Waals surface area contributed by atoms with Crippen LogP contribution >= 0.6 is 11.3 Å². The molecule has 1 aromatic rings. The van der Waals surface area contributed by atoms with E-state index in [0.29, 0.717) is 11.3 Å². The molecule has 0 saturated heterocycles. The van der Waals surface area contributed by atoms with E-state index < -0.39 is 6.04 Å². The van der Waals surface area contributed by atoms with Gasteiger partial charge in [0, 0.05) is 11.3 Å². The highest BCUT2D eigenvalue weighted by molar-refractivity contribution is 7.14. The SMILES string of the molecule is CCC(=O)C(C)NC(=O)c1ccc(CC)s1. The number of amides is 1. The highest BCUT2D eigenvalue weighted by Crippen LogP contribution is 2.16. The second kappa shape index (κ2) is 5.80. The molecule has 1 rings (SSSR count). The van der Waals surface area contributed by atoms with Crippen LogP contribution in [0.25, 0.3) is 0 Å². The zero-order chi connectivity index (χ0) is 12.1. The second-order valence-corrected chi connectivity index (χ2v) is 4.80. The zero-order valence-corrected chi connectivity index (χ0v) is 10.7. The number of aryl methyl sites for hydroxylation is 1. The fraction of sp³-hybridized carbons (Fsp3) is 0.500. The number of ketones is 1. The van der Waals surface area contributed by atoms with Crippen LogP contribution in [0.15, 0.2) is 12.1 Å². The van der Waals surface area contributed by atoms with Gasteiger partial charge in [0.1, 0.15) is 0 Å². The second-order valence-electron chi connectivity index (χ2n) is 3.63. The first-order valence-corrected chi connectivity index (χ1v) is 6.32. The van der Waals surface area contributed by atoms with Crippen LogP contribution < -0.4 is 5.32 Å². The minimum atomic E-state index is -0.398. The van der Waals surface area contributed by atoms with Crippen molar-refractivity contribution in [3.63, 3.8) is 0 Å². The van der Waals surface area contributed by atoms with Gasteiger partial charge >= 0.3 is 0 Å². The van der Waals surface area contributed by atoms with Crippen LogP contribution in [0.1, 0.15) is 41.7 Å². The molecule has 0 spiro atoms. The minimum absolute atomic E-state index is 0.0561. The number of hydrogen-bond acceptors (Lipinski definition) is 3. The van der Waals surface area contributed by atoms with Gasteiger partial charge in [-0.15, -0.1) is 11.3 Å². The Bertz CT molecular complexity index is 384. The summed E-state index contributed by atoms with van der Waals surface area (Å²) in [4.78, 5) is 24.9. The molecule has 3 nitrogen and oxygen atoms in total. The average molecular weight is 239 g/mol. The van der Waals surface area contributed by atoms with Crippen LogP contribution in [0.5, 0.6) is 0 Å². The van der Waals surface area contributed by atoms with Crippen molar-refractivity contribution >= 4 is 23.0 Å². The molecule has 1 aromatic heterocycles. The normalized spacial score (nSPS) is 12.2. The molecule has 1 amide bonds. The summed E-state index contributed by atoms with van der Waals surface area (Å²) in [6.45, 7) is 5.57. The van der Waals surface area contributed by atoms with E-state index in [9.17, 15) is 9.59 Å². The molecule has 1 heterocycles. The minimum Gasteiger partial charge on any atom is -0.342 e. The van der Waals surface area contributed by atoms with E-state index in [2.05, 4.69) is 12.2 Å². The lowest BCUT2D eigenvalue weighted by atomic mass is 10.2. The van der Waals surface area contributed by atoms with Gasteiger partial charge in [0.2, 0.25) is 0 Å². The lowest BCUT2D eigenvalue weighted by molar-refractivity contribution is -0.120. The predicted octanol–water partition coefficient (Wildman–Crippen LogP) is 2.41. The Morgan fingerprint density at radius 2 is 2.06 bits per heavy atom. The van der Waals surface area contributed by atoms with Gasteiger partial charge in [0.25, 0.3) is 5.91 Å². The molecule has 1 atom stereocenters. The quantitative estimate of drug-likeness (QED) is 0.857. The van der Waals surface area contributed by atoms with E-state index in [1.54, 1.807) is 13.8 Å². The predicted molar refractivity (Wildman–Crippen MR) is 65.9 cm³/mol. The van der Waals surface area contributed by atoms with Crippen LogP contribution in [0.3, 0.4) is 0 Å². The maximum Gasteiger partial charge on any atom is 0.261 e. The molecular weight excluding hydrogens is 222 g/mol. The van der Waals surface area contributed by atoms with Crippen molar-refractivity contribution in [2.75, 3.05) is 0 Å². The molecule has 16 heavy (non-hydrogen) atoms. The molecule has 0 fully saturated rings. The molecule has 88 valence electrons. The first-order chi connectivity index (χ1) is 7.58. The number of hydrogen-bond donors (Lipinski definition) is 1. The Morgan fingerprint density at radius 3 is 2.56 bits per heavy atom. The first-order valence-electron chi connectivity index (χ1n) is 5.50. The summed E-state index contributed by atoms with van der Waals surface area (Å²) < 4.78 is 0. The molecular formula is C12H17NO2S. The van der Waals surface area contributed by atoms with Gasteiger partial charge in [-0.3, -0.25) is 9.59 Å². The smallest absolute Gasteiger partial charge is 0.261 e.